The Labute approximate surface area is 122 Å². The fourth-order valence-corrected chi connectivity index (χ4v) is 6.04. The maximum Gasteiger partial charge on any atom is 0.309 e. The zero-order valence-electron chi connectivity index (χ0n) is 12.8. The summed E-state index contributed by atoms with van der Waals surface area (Å²) in [6.07, 6.45) is 6.77. The predicted octanol–water partition coefficient (Wildman–Crippen LogP) is 2.69. The van der Waals surface area contributed by atoms with Gasteiger partial charge in [-0.3, -0.25) is 9.69 Å². The van der Waals surface area contributed by atoms with Gasteiger partial charge in [0.25, 0.3) is 0 Å². The second-order valence-electron chi connectivity index (χ2n) is 7.48. The lowest BCUT2D eigenvalue weighted by Crippen LogP contribution is -2.53. The molecule has 0 aromatic rings. The van der Waals surface area contributed by atoms with Crippen LogP contribution in [0, 0.1) is 29.6 Å². The molecule has 0 radical (unpaired) electrons. The summed E-state index contributed by atoms with van der Waals surface area (Å²) in [6, 6.07) is 0.751. The highest BCUT2D eigenvalue weighted by Crippen LogP contribution is 2.55. The predicted molar refractivity (Wildman–Crippen MR) is 77.1 cm³/mol. The smallest absolute Gasteiger partial charge is 0.309 e. The van der Waals surface area contributed by atoms with Gasteiger partial charge < -0.3 is 4.74 Å². The summed E-state index contributed by atoms with van der Waals surface area (Å²) in [5, 5.41) is 0. The number of hydrogen-bond acceptors (Lipinski definition) is 3. The molecule has 0 spiro atoms. The molecule has 3 aliphatic heterocycles. The first kappa shape index (κ1) is 13.1. The van der Waals surface area contributed by atoms with Crippen molar-refractivity contribution in [1.82, 2.24) is 4.90 Å². The Kier molecular flexibility index (Phi) is 3.10. The van der Waals surface area contributed by atoms with Crippen LogP contribution in [-0.4, -0.2) is 36.1 Å². The van der Waals surface area contributed by atoms with E-state index < -0.39 is 0 Å². The molecule has 1 saturated carbocycles. The number of ether oxygens (including phenoxy) is 1. The summed E-state index contributed by atoms with van der Waals surface area (Å²) in [4.78, 5) is 14.9. The van der Waals surface area contributed by atoms with E-state index in [-0.39, 0.29) is 18.0 Å². The molecule has 0 unspecified atom stereocenters. The Morgan fingerprint density at radius 3 is 2.85 bits per heavy atom. The SMILES string of the molecule is CC[C@@H]1[C@H]2CCCCN3CC[C@H]([C@@H]4[C@H]1OC(=O)[C@@H]4C)[C@@H]23. The van der Waals surface area contributed by atoms with E-state index in [1.165, 1.54) is 45.2 Å². The van der Waals surface area contributed by atoms with Gasteiger partial charge in [-0.2, -0.15) is 0 Å². The Morgan fingerprint density at radius 1 is 1.20 bits per heavy atom. The maximum absolute atomic E-state index is 12.1. The molecule has 112 valence electrons. The minimum atomic E-state index is 0.0772. The molecule has 3 heteroatoms. The Morgan fingerprint density at radius 2 is 2.05 bits per heavy atom. The van der Waals surface area contributed by atoms with Gasteiger partial charge in [0.05, 0.1) is 5.92 Å². The van der Waals surface area contributed by atoms with Crippen LogP contribution in [0.15, 0.2) is 0 Å². The van der Waals surface area contributed by atoms with Crippen molar-refractivity contribution in [2.45, 2.75) is 58.1 Å². The minimum Gasteiger partial charge on any atom is -0.462 e. The third kappa shape index (κ3) is 1.65. The van der Waals surface area contributed by atoms with Crippen molar-refractivity contribution in [3.8, 4) is 0 Å². The molecular formula is C17H27NO2. The number of esters is 1. The Bertz CT molecular complexity index is 410. The van der Waals surface area contributed by atoms with Crippen molar-refractivity contribution in [2.24, 2.45) is 29.6 Å². The highest BCUT2D eigenvalue weighted by Gasteiger charge is 2.60. The third-order valence-corrected chi connectivity index (χ3v) is 6.80. The number of rotatable bonds is 1. The average molecular weight is 277 g/mol. The summed E-state index contributed by atoms with van der Waals surface area (Å²) in [5.74, 6) is 2.80. The molecule has 0 amide bonds. The molecule has 3 saturated heterocycles. The molecule has 0 bridgehead atoms. The van der Waals surface area contributed by atoms with Gasteiger partial charge in [-0.1, -0.05) is 20.3 Å². The van der Waals surface area contributed by atoms with Crippen molar-refractivity contribution >= 4 is 5.97 Å². The van der Waals surface area contributed by atoms with Gasteiger partial charge in [0.2, 0.25) is 0 Å². The second kappa shape index (κ2) is 4.72. The van der Waals surface area contributed by atoms with Gasteiger partial charge in [0, 0.05) is 17.9 Å². The van der Waals surface area contributed by atoms with Crippen molar-refractivity contribution in [3.63, 3.8) is 0 Å². The fourth-order valence-electron chi connectivity index (χ4n) is 6.04. The van der Waals surface area contributed by atoms with Crippen LogP contribution >= 0.6 is 0 Å². The van der Waals surface area contributed by atoms with E-state index in [1.807, 2.05) is 0 Å². The molecule has 4 fully saturated rings. The summed E-state index contributed by atoms with van der Waals surface area (Å²) < 4.78 is 5.86. The van der Waals surface area contributed by atoms with E-state index in [0.717, 1.165) is 12.0 Å². The summed E-state index contributed by atoms with van der Waals surface area (Å²) in [6.45, 7) is 6.95. The first-order valence-corrected chi connectivity index (χ1v) is 8.67. The summed E-state index contributed by atoms with van der Waals surface area (Å²) >= 11 is 0. The number of hydrogen-bond donors (Lipinski definition) is 0. The molecule has 4 aliphatic rings. The Balaban J connectivity index is 1.74. The normalized spacial score (nSPS) is 51.3. The largest absolute Gasteiger partial charge is 0.462 e. The van der Waals surface area contributed by atoms with E-state index in [2.05, 4.69) is 18.7 Å². The summed E-state index contributed by atoms with van der Waals surface area (Å²) in [5.41, 5.74) is 0. The standard InChI is InChI=1S/C17H27NO2/c1-3-11-12-6-4-5-8-18-9-7-13(15(12)18)14-10(2)17(19)20-16(11)14/h10-16H,3-9H2,1-2H3/t10-,11-,12-,13-,14-,15-,16+/m1/s1. The second-order valence-corrected chi connectivity index (χ2v) is 7.48. The minimum absolute atomic E-state index is 0.0772. The van der Waals surface area contributed by atoms with Crippen LogP contribution in [-0.2, 0) is 9.53 Å². The highest BCUT2D eigenvalue weighted by molar-refractivity contribution is 5.75. The number of carbonyl (C=O) groups is 1. The zero-order chi connectivity index (χ0) is 13.9. The molecule has 3 nitrogen and oxygen atoms in total. The maximum atomic E-state index is 12.1. The van der Waals surface area contributed by atoms with Gasteiger partial charge in [-0.25, -0.2) is 0 Å². The van der Waals surface area contributed by atoms with Crippen LogP contribution in [0.4, 0.5) is 0 Å². The van der Waals surface area contributed by atoms with E-state index in [9.17, 15) is 4.79 Å². The molecule has 20 heavy (non-hydrogen) atoms. The van der Waals surface area contributed by atoms with Crippen molar-refractivity contribution in [3.05, 3.63) is 0 Å². The number of carbonyl (C=O) groups excluding carboxylic acids is 1. The third-order valence-electron chi connectivity index (χ3n) is 6.80. The van der Waals surface area contributed by atoms with Gasteiger partial charge in [0.15, 0.2) is 0 Å². The summed E-state index contributed by atoms with van der Waals surface area (Å²) in [7, 11) is 0. The molecular weight excluding hydrogens is 250 g/mol. The van der Waals surface area contributed by atoms with E-state index in [1.54, 1.807) is 0 Å². The van der Waals surface area contributed by atoms with Gasteiger partial charge in [-0.15, -0.1) is 0 Å². The van der Waals surface area contributed by atoms with E-state index >= 15 is 0 Å². The lowest BCUT2D eigenvalue weighted by Gasteiger charge is -2.48. The first-order valence-electron chi connectivity index (χ1n) is 8.67. The van der Waals surface area contributed by atoms with Crippen LogP contribution in [0.1, 0.15) is 46.0 Å². The van der Waals surface area contributed by atoms with Gasteiger partial charge in [0.1, 0.15) is 6.10 Å². The highest BCUT2D eigenvalue weighted by atomic mass is 16.6. The number of fused-ring (bicyclic) bond motifs is 2. The zero-order valence-corrected chi connectivity index (χ0v) is 12.8. The van der Waals surface area contributed by atoms with Crippen molar-refractivity contribution in [2.75, 3.05) is 13.1 Å². The van der Waals surface area contributed by atoms with Crippen LogP contribution < -0.4 is 0 Å². The van der Waals surface area contributed by atoms with Crippen molar-refractivity contribution < 1.29 is 9.53 Å². The molecule has 0 aromatic heterocycles. The van der Waals surface area contributed by atoms with Gasteiger partial charge in [-0.05, 0) is 50.6 Å². The van der Waals surface area contributed by atoms with E-state index in [0.29, 0.717) is 17.8 Å². The van der Waals surface area contributed by atoms with Crippen LogP contribution in [0.3, 0.4) is 0 Å². The lowest BCUT2D eigenvalue weighted by molar-refractivity contribution is -0.148. The van der Waals surface area contributed by atoms with Crippen LogP contribution in [0.2, 0.25) is 0 Å². The topological polar surface area (TPSA) is 29.5 Å². The molecule has 0 aromatic carbocycles. The van der Waals surface area contributed by atoms with Crippen molar-refractivity contribution in [1.29, 1.82) is 0 Å². The van der Waals surface area contributed by atoms with Gasteiger partial charge >= 0.3 is 5.97 Å². The first-order chi connectivity index (χ1) is 9.72. The molecule has 0 N–H and O–H groups in total. The van der Waals surface area contributed by atoms with E-state index in [4.69, 9.17) is 4.74 Å². The molecule has 4 rings (SSSR count). The molecule has 3 heterocycles. The average Bonchev–Trinajstić information content (AvgIpc) is 2.89. The van der Waals surface area contributed by atoms with Crippen LogP contribution in [0.5, 0.6) is 0 Å². The Hall–Kier alpha value is -0.570. The number of nitrogens with zero attached hydrogens (tertiary/aromatic N) is 1. The fraction of sp³-hybridized carbons (Fsp3) is 0.941. The van der Waals surface area contributed by atoms with Crippen LogP contribution in [0.25, 0.3) is 0 Å². The quantitative estimate of drug-likeness (QED) is 0.690. The lowest BCUT2D eigenvalue weighted by atomic mass is 9.60. The monoisotopic (exact) mass is 277 g/mol. The molecule has 7 atom stereocenters. The molecule has 1 aliphatic carbocycles.